The predicted octanol–water partition coefficient (Wildman–Crippen LogP) is 2.80. The lowest BCUT2D eigenvalue weighted by molar-refractivity contribution is -0.121. The maximum absolute atomic E-state index is 12.1. The Bertz CT molecular complexity index is 560. The molecular formula is C19H29N3O3. The molecule has 138 valence electrons. The number of hydrogen-bond donors (Lipinski definition) is 1. The number of aryl methyl sites for hydroxylation is 1. The van der Waals surface area contributed by atoms with Gasteiger partial charge in [-0.2, -0.15) is 0 Å². The number of fused-ring (bicyclic) bond motifs is 2. The van der Waals surface area contributed by atoms with Crippen molar-refractivity contribution >= 4 is 18.2 Å². The molecule has 2 atom stereocenters. The summed E-state index contributed by atoms with van der Waals surface area (Å²) in [5.41, 5.74) is 7.05. The van der Waals surface area contributed by atoms with Crippen LogP contribution in [0.1, 0.15) is 39.2 Å². The Balaban J connectivity index is 0.000000236. The molecule has 1 aromatic carbocycles. The Hall–Kier alpha value is -2.24. The number of piperazine rings is 1. The fourth-order valence-electron chi connectivity index (χ4n) is 3.20. The number of nitrogen functional groups attached to an aromatic ring is 1. The van der Waals surface area contributed by atoms with Crippen molar-refractivity contribution in [3.05, 3.63) is 29.8 Å². The Morgan fingerprint density at radius 2 is 1.68 bits per heavy atom. The first-order chi connectivity index (χ1) is 11.7. The second-order valence-electron chi connectivity index (χ2n) is 7.74. The molecular weight excluding hydrogens is 318 g/mol. The van der Waals surface area contributed by atoms with Crippen LogP contribution in [0.4, 0.5) is 10.5 Å². The van der Waals surface area contributed by atoms with Crippen molar-refractivity contribution in [3.8, 4) is 0 Å². The standard InChI is InChI=1S/C12H20N2O3.C7H9N/c1-12(2,3)17-11(16)14-9-4-5-10(14)7-13(6-9)8-15;1-6-2-4-7(8)5-3-6/h8-10H,4-7H2,1-3H3;2-5H,8H2,1H3. The van der Waals surface area contributed by atoms with Crippen molar-refractivity contribution in [2.24, 2.45) is 0 Å². The molecule has 2 aliphatic rings. The molecule has 2 saturated heterocycles. The Kier molecular flexibility index (Phi) is 5.93. The van der Waals surface area contributed by atoms with Crippen molar-refractivity contribution in [2.45, 2.75) is 58.2 Å². The van der Waals surface area contributed by atoms with Gasteiger partial charge in [-0.25, -0.2) is 4.79 Å². The van der Waals surface area contributed by atoms with Crippen LogP contribution in [0.25, 0.3) is 0 Å². The van der Waals surface area contributed by atoms with Crippen LogP contribution >= 0.6 is 0 Å². The lowest BCUT2D eigenvalue weighted by atomic mass is 10.2. The van der Waals surface area contributed by atoms with Crippen molar-refractivity contribution < 1.29 is 14.3 Å². The molecule has 2 N–H and O–H groups in total. The van der Waals surface area contributed by atoms with Gasteiger partial charge in [-0.3, -0.25) is 9.69 Å². The van der Waals surface area contributed by atoms with E-state index in [4.69, 9.17) is 10.5 Å². The maximum Gasteiger partial charge on any atom is 0.410 e. The second-order valence-corrected chi connectivity index (χ2v) is 7.74. The van der Waals surface area contributed by atoms with Gasteiger partial charge in [-0.15, -0.1) is 0 Å². The summed E-state index contributed by atoms with van der Waals surface area (Å²) >= 11 is 0. The van der Waals surface area contributed by atoms with E-state index in [-0.39, 0.29) is 18.2 Å². The van der Waals surface area contributed by atoms with Crippen molar-refractivity contribution in [1.82, 2.24) is 9.80 Å². The zero-order valence-corrected chi connectivity index (χ0v) is 15.6. The van der Waals surface area contributed by atoms with E-state index in [1.807, 2.05) is 56.9 Å². The van der Waals surface area contributed by atoms with Gasteiger partial charge >= 0.3 is 6.09 Å². The topological polar surface area (TPSA) is 75.9 Å². The van der Waals surface area contributed by atoms with Gasteiger partial charge in [0.25, 0.3) is 0 Å². The molecule has 0 saturated carbocycles. The van der Waals surface area contributed by atoms with Gasteiger partial charge in [0.1, 0.15) is 5.60 Å². The molecule has 2 heterocycles. The lowest BCUT2D eigenvalue weighted by Crippen LogP contribution is -2.56. The number of carbonyl (C=O) groups is 2. The number of rotatable bonds is 1. The van der Waals surface area contributed by atoms with Crippen LogP contribution in [0.3, 0.4) is 0 Å². The van der Waals surface area contributed by atoms with E-state index in [1.54, 1.807) is 4.90 Å². The third-order valence-corrected chi connectivity index (χ3v) is 4.34. The van der Waals surface area contributed by atoms with Crippen LogP contribution in [0.15, 0.2) is 24.3 Å². The molecule has 2 aliphatic heterocycles. The zero-order chi connectivity index (χ0) is 18.6. The van der Waals surface area contributed by atoms with E-state index in [9.17, 15) is 9.59 Å². The highest BCUT2D eigenvalue weighted by Gasteiger charge is 2.43. The number of likely N-dealkylation sites (tertiary alicyclic amines) is 1. The summed E-state index contributed by atoms with van der Waals surface area (Å²) in [6.45, 7) is 8.93. The van der Waals surface area contributed by atoms with Crippen LogP contribution in [-0.4, -0.2) is 53.1 Å². The number of nitrogens with zero attached hydrogens (tertiary/aromatic N) is 2. The Morgan fingerprint density at radius 3 is 2.08 bits per heavy atom. The number of hydrogen-bond acceptors (Lipinski definition) is 4. The minimum Gasteiger partial charge on any atom is -0.444 e. The Morgan fingerprint density at radius 1 is 1.16 bits per heavy atom. The molecule has 2 amide bonds. The van der Waals surface area contributed by atoms with Crippen LogP contribution in [0, 0.1) is 6.92 Å². The Labute approximate surface area is 149 Å². The van der Waals surface area contributed by atoms with Crippen LogP contribution in [0.2, 0.25) is 0 Å². The molecule has 2 unspecified atom stereocenters. The quantitative estimate of drug-likeness (QED) is 0.626. The van der Waals surface area contributed by atoms with E-state index in [0.717, 1.165) is 24.9 Å². The fraction of sp³-hybridized carbons (Fsp3) is 0.579. The molecule has 2 bridgehead atoms. The third kappa shape index (κ3) is 5.37. The molecule has 6 heteroatoms. The summed E-state index contributed by atoms with van der Waals surface area (Å²) in [5, 5.41) is 0. The number of benzene rings is 1. The van der Waals surface area contributed by atoms with Gasteiger partial charge in [0.15, 0.2) is 0 Å². The fourth-order valence-corrected chi connectivity index (χ4v) is 3.20. The SMILES string of the molecule is CC(C)(C)OC(=O)N1C2CCC1CN(C=O)C2.Cc1ccc(N)cc1. The van der Waals surface area contributed by atoms with Crippen LogP contribution in [0.5, 0.6) is 0 Å². The summed E-state index contributed by atoms with van der Waals surface area (Å²) in [7, 11) is 0. The number of amides is 2. The van der Waals surface area contributed by atoms with Crippen LogP contribution < -0.4 is 5.73 Å². The van der Waals surface area contributed by atoms with Crippen molar-refractivity contribution in [2.75, 3.05) is 18.8 Å². The average Bonchev–Trinajstić information content (AvgIpc) is 2.80. The smallest absolute Gasteiger partial charge is 0.410 e. The molecule has 25 heavy (non-hydrogen) atoms. The van der Waals surface area contributed by atoms with Crippen molar-refractivity contribution in [1.29, 1.82) is 0 Å². The molecule has 0 aliphatic carbocycles. The summed E-state index contributed by atoms with van der Waals surface area (Å²) < 4.78 is 5.41. The number of nitrogens with two attached hydrogens (primary N) is 1. The second kappa shape index (κ2) is 7.76. The van der Waals surface area contributed by atoms with E-state index in [2.05, 4.69) is 0 Å². The summed E-state index contributed by atoms with van der Waals surface area (Å²) in [5.74, 6) is 0. The highest BCUT2D eigenvalue weighted by Crippen LogP contribution is 2.31. The first kappa shape index (κ1) is 19.1. The highest BCUT2D eigenvalue weighted by atomic mass is 16.6. The normalized spacial score (nSPS) is 22.1. The average molecular weight is 347 g/mol. The maximum atomic E-state index is 12.1. The van der Waals surface area contributed by atoms with Gasteiger partial charge in [0, 0.05) is 18.8 Å². The zero-order valence-electron chi connectivity index (χ0n) is 15.6. The van der Waals surface area contributed by atoms with Gasteiger partial charge in [0.05, 0.1) is 12.1 Å². The predicted molar refractivity (Wildman–Crippen MR) is 98.1 cm³/mol. The first-order valence-corrected chi connectivity index (χ1v) is 8.72. The van der Waals surface area contributed by atoms with Gasteiger partial charge in [0.2, 0.25) is 6.41 Å². The molecule has 3 rings (SSSR count). The molecule has 0 aromatic heterocycles. The highest BCUT2D eigenvalue weighted by molar-refractivity contribution is 5.70. The molecule has 2 fully saturated rings. The van der Waals surface area contributed by atoms with Gasteiger partial charge in [-0.05, 0) is 52.7 Å². The van der Waals surface area contributed by atoms with Crippen molar-refractivity contribution in [3.63, 3.8) is 0 Å². The summed E-state index contributed by atoms with van der Waals surface area (Å²) in [4.78, 5) is 26.4. The van der Waals surface area contributed by atoms with E-state index < -0.39 is 5.60 Å². The number of anilines is 1. The number of ether oxygens (including phenoxy) is 1. The molecule has 6 nitrogen and oxygen atoms in total. The minimum atomic E-state index is -0.460. The molecule has 0 spiro atoms. The molecule has 1 aromatic rings. The van der Waals surface area contributed by atoms with Crippen LogP contribution in [-0.2, 0) is 9.53 Å². The van der Waals surface area contributed by atoms with E-state index in [0.29, 0.717) is 13.1 Å². The minimum absolute atomic E-state index is 0.133. The largest absolute Gasteiger partial charge is 0.444 e. The van der Waals surface area contributed by atoms with E-state index in [1.165, 1.54) is 5.56 Å². The lowest BCUT2D eigenvalue weighted by Gasteiger charge is -2.39. The summed E-state index contributed by atoms with van der Waals surface area (Å²) in [6.07, 6.45) is 2.57. The van der Waals surface area contributed by atoms with E-state index >= 15 is 0 Å². The van der Waals surface area contributed by atoms with Gasteiger partial charge in [-0.1, -0.05) is 17.7 Å². The first-order valence-electron chi connectivity index (χ1n) is 8.72. The monoisotopic (exact) mass is 347 g/mol. The summed E-state index contributed by atoms with van der Waals surface area (Å²) in [6, 6.07) is 8.05. The van der Waals surface area contributed by atoms with Gasteiger partial charge < -0.3 is 15.4 Å². The third-order valence-electron chi connectivity index (χ3n) is 4.34. The number of carbonyl (C=O) groups excluding carboxylic acids is 2. The molecule has 0 radical (unpaired) electrons.